The second kappa shape index (κ2) is 9.42. The predicted molar refractivity (Wildman–Crippen MR) is 114 cm³/mol. The van der Waals surface area contributed by atoms with E-state index >= 15 is 0 Å². The van der Waals surface area contributed by atoms with E-state index in [0.717, 1.165) is 10.8 Å². The largest absolute Gasteiger partial charge is 0.493 e. The fourth-order valence-electron chi connectivity index (χ4n) is 2.95. The molecule has 0 bridgehead atoms. The Balaban J connectivity index is 1.71. The first-order chi connectivity index (χ1) is 14.6. The first kappa shape index (κ1) is 20.7. The molecule has 30 heavy (non-hydrogen) atoms. The minimum atomic E-state index is -0.904. The first-order valence-corrected chi connectivity index (χ1v) is 9.00. The van der Waals surface area contributed by atoms with E-state index in [1.54, 1.807) is 24.3 Å². The molecular formula is C22H21N3O5. The molecule has 0 radical (unpaired) electrons. The van der Waals surface area contributed by atoms with Crippen molar-refractivity contribution < 1.29 is 23.8 Å². The van der Waals surface area contributed by atoms with Crippen LogP contribution in [0.25, 0.3) is 10.8 Å². The third-order valence-corrected chi connectivity index (χ3v) is 4.35. The summed E-state index contributed by atoms with van der Waals surface area (Å²) in [5, 5.41) is 8.23. The smallest absolute Gasteiger partial charge is 0.329 e. The molecule has 8 heteroatoms. The second-order valence-electron chi connectivity index (χ2n) is 6.10. The van der Waals surface area contributed by atoms with Gasteiger partial charge in [-0.3, -0.25) is 9.59 Å². The number of amides is 2. The van der Waals surface area contributed by atoms with Gasteiger partial charge in [0.1, 0.15) is 0 Å². The van der Waals surface area contributed by atoms with Crippen LogP contribution in [0.3, 0.4) is 0 Å². The third kappa shape index (κ3) is 4.33. The van der Waals surface area contributed by atoms with Crippen molar-refractivity contribution in [1.82, 2.24) is 5.43 Å². The van der Waals surface area contributed by atoms with Gasteiger partial charge in [-0.15, -0.1) is 0 Å². The molecule has 0 aliphatic heterocycles. The summed E-state index contributed by atoms with van der Waals surface area (Å²) in [4.78, 5) is 24.4. The van der Waals surface area contributed by atoms with E-state index in [1.165, 1.54) is 27.5 Å². The molecule has 0 aliphatic carbocycles. The number of benzene rings is 3. The lowest BCUT2D eigenvalue weighted by Crippen LogP contribution is -2.32. The Bertz CT molecular complexity index is 1110. The summed E-state index contributed by atoms with van der Waals surface area (Å²) < 4.78 is 15.9. The standard InChI is InChI=1S/C22H21N3O5/c1-28-18-12-11-15(19(29-2)20(18)30-3)13-23-25-22(27)21(26)24-17-10-6-8-14-7-4-5-9-16(14)17/h4-13H,1-3H3,(H,24,26)(H,25,27)/b23-13-. The Morgan fingerprint density at radius 2 is 1.57 bits per heavy atom. The highest BCUT2D eigenvalue weighted by Crippen LogP contribution is 2.38. The zero-order chi connectivity index (χ0) is 21.5. The van der Waals surface area contributed by atoms with Crippen molar-refractivity contribution in [1.29, 1.82) is 0 Å². The summed E-state index contributed by atoms with van der Waals surface area (Å²) in [6.07, 6.45) is 1.35. The molecule has 0 spiro atoms. The quantitative estimate of drug-likeness (QED) is 0.372. The molecule has 3 aromatic rings. The average molecular weight is 407 g/mol. The fourth-order valence-corrected chi connectivity index (χ4v) is 2.95. The van der Waals surface area contributed by atoms with E-state index in [2.05, 4.69) is 15.8 Å². The van der Waals surface area contributed by atoms with E-state index in [4.69, 9.17) is 14.2 Å². The summed E-state index contributed by atoms with van der Waals surface area (Å²) in [5.74, 6) is -0.467. The van der Waals surface area contributed by atoms with Crippen LogP contribution in [0.2, 0.25) is 0 Å². The topological polar surface area (TPSA) is 98.2 Å². The van der Waals surface area contributed by atoms with Gasteiger partial charge < -0.3 is 19.5 Å². The summed E-state index contributed by atoms with van der Waals surface area (Å²) in [5.41, 5.74) is 3.28. The maximum Gasteiger partial charge on any atom is 0.329 e. The monoisotopic (exact) mass is 407 g/mol. The van der Waals surface area contributed by atoms with Crippen molar-refractivity contribution in [3.63, 3.8) is 0 Å². The Labute approximate surface area is 173 Å². The number of nitrogens with zero attached hydrogens (tertiary/aromatic N) is 1. The van der Waals surface area contributed by atoms with Gasteiger partial charge in [0.2, 0.25) is 5.75 Å². The number of nitrogens with one attached hydrogen (secondary N) is 2. The number of carbonyl (C=O) groups is 2. The van der Waals surface area contributed by atoms with Crippen molar-refractivity contribution in [3.05, 3.63) is 60.2 Å². The Morgan fingerprint density at radius 1 is 0.833 bits per heavy atom. The number of rotatable bonds is 6. The van der Waals surface area contributed by atoms with Gasteiger partial charge in [-0.05, 0) is 23.6 Å². The summed E-state index contributed by atoms with van der Waals surface area (Å²) >= 11 is 0. The van der Waals surface area contributed by atoms with Crippen LogP contribution in [0.1, 0.15) is 5.56 Å². The normalized spacial score (nSPS) is 10.6. The van der Waals surface area contributed by atoms with Crippen LogP contribution in [0, 0.1) is 0 Å². The minimum absolute atomic E-state index is 0.384. The van der Waals surface area contributed by atoms with E-state index in [9.17, 15) is 9.59 Å². The number of fused-ring (bicyclic) bond motifs is 1. The molecule has 8 nitrogen and oxygen atoms in total. The van der Waals surface area contributed by atoms with E-state index in [-0.39, 0.29) is 0 Å². The molecule has 2 N–H and O–H groups in total. The van der Waals surface area contributed by atoms with Crippen molar-refractivity contribution >= 4 is 34.5 Å². The highest BCUT2D eigenvalue weighted by molar-refractivity contribution is 6.40. The van der Waals surface area contributed by atoms with Crippen LogP contribution in [-0.4, -0.2) is 39.4 Å². The molecule has 0 heterocycles. The Morgan fingerprint density at radius 3 is 2.30 bits per heavy atom. The number of hydrazone groups is 1. The lowest BCUT2D eigenvalue weighted by Gasteiger charge is -2.13. The SMILES string of the molecule is COc1ccc(/C=N\NC(=O)C(=O)Nc2cccc3ccccc23)c(OC)c1OC. The molecule has 0 saturated carbocycles. The zero-order valence-corrected chi connectivity index (χ0v) is 16.8. The highest BCUT2D eigenvalue weighted by atomic mass is 16.5. The first-order valence-electron chi connectivity index (χ1n) is 9.00. The second-order valence-corrected chi connectivity index (χ2v) is 6.10. The maximum atomic E-state index is 12.2. The molecule has 0 aliphatic rings. The number of ether oxygens (including phenoxy) is 3. The predicted octanol–water partition coefficient (Wildman–Crippen LogP) is 2.95. The van der Waals surface area contributed by atoms with Crippen LogP contribution >= 0.6 is 0 Å². The van der Waals surface area contributed by atoms with E-state index in [0.29, 0.717) is 28.5 Å². The van der Waals surface area contributed by atoms with E-state index in [1.807, 2.05) is 30.3 Å². The van der Waals surface area contributed by atoms with Gasteiger partial charge in [0, 0.05) is 16.6 Å². The molecule has 3 aromatic carbocycles. The van der Waals surface area contributed by atoms with E-state index < -0.39 is 11.8 Å². The lowest BCUT2D eigenvalue weighted by molar-refractivity contribution is -0.136. The van der Waals surface area contributed by atoms with Crippen molar-refractivity contribution in [2.24, 2.45) is 5.10 Å². The highest BCUT2D eigenvalue weighted by Gasteiger charge is 2.16. The minimum Gasteiger partial charge on any atom is -0.493 e. The molecule has 0 unspecified atom stereocenters. The number of carbonyl (C=O) groups excluding carboxylic acids is 2. The molecule has 3 rings (SSSR count). The van der Waals surface area contributed by atoms with Crippen LogP contribution in [0.5, 0.6) is 17.2 Å². The summed E-state index contributed by atoms with van der Waals surface area (Å²) in [7, 11) is 4.48. The lowest BCUT2D eigenvalue weighted by atomic mass is 10.1. The van der Waals surface area contributed by atoms with Crippen molar-refractivity contribution in [2.75, 3.05) is 26.6 Å². The summed E-state index contributed by atoms with van der Waals surface area (Å²) in [6.45, 7) is 0. The average Bonchev–Trinajstić information content (AvgIpc) is 2.78. The number of methoxy groups -OCH3 is 3. The van der Waals surface area contributed by atoms with Crippen LogP contribution in [0.4, 0.5) is 5.69 Å². The maximum absolute atomic E-state index is 12.2. The summed E-state index contributed by atoms with van der Waals surface area (Å²) in [6, 6.07) is 16.4. The van der Waals surface area contributed by atoms with Crippen LogP contribution in [0.15, 0.2) is 59.7 Å². The van der Waals surface area contributed by atoms with Gasteiger partial charge in [-0.2, -0.15) is 5.10 Å². The molecule has 2 amide bonds. The van der Waals surface area contributed by atoms with Crippen molar-refractivity contribution in [2.45, 2.75) is 0 Å². The third-order valence-electron chi connectivity index (χ3n) is 4.35. The van der Waals surface area contributed by atoms with Crippen LogP contribution in [-0.2, 0) is 9.59 Å². The van der Waals surface area contributed by atoms with Gasteiger partial charge in [0.15, 0.2) is 11.5 Å². The molecule has 0 fully saturated rings. The fraction of sp³-hybridized carbons (Fsp3) is 0.136. The van der Waals surface area contributed by atoms with Gasteiger partial charge in [-0.1, -0.05) is 36.4 Å². The van der Waals surface area contributed by atoms with Crippen molar-refractivity contribution in [3.8, 4) is 17.2 Å². The number of anilines is 1. The molecule has 0 saturated heterocycles. The number of hydrogen-bond acceptors (Lipinski definition) is 6. The zero-order valence-electron chi connectivity index (χ0n) is 16.8. The van der Waals surface area contributed by atoms with Crippen LogP contribution < -0.4 is 25.0 Å². The van der Waals surface area contributed by atoms with Gasteiger partial charge in [0.05, 0.1) is 27.5 Å². The molecule has 0 aromatic heterocycles. The van der Waals surface area contributed by atoms with Gasteiger partial charge >= 0.3 is 11.8 Å². The Hall–Kier alpha value is -4.07. The van der Waals surface area contributed by atoms with Gasteiger partial charge in [0.25, 0.3) is 0 Å². The number of hydrogen-bond donors (Lipinski definition) is 2. The van der Waals surface area contributed by atoms with Gasteiger partial charge in [-0.25, -0.2) is 5.43 Å². The molecule has 0 atom stereocenters. The Kier molecular flexibility index (Phi) is 6.49. The molecule has 154 valence electrons. The molecular weight excluding hydrogens is 386 g/mol.